The fraction of sp³-hybridized carbons (Fsp3) is 0. The minimum absolute atomic E-state index is 0.521. The number of imidazole rings is 1. The Hall–Kier alpha value is -2.34. The number of aromatic nitrogens is 3. The molecule has 1 aromatic carbocycles. The third-order valence-corrected chi connectivity index (χ3v) is 2.35. The van der Waals surface area contributed by atoms with Crippen molar-refractivity contribution >= 4 is 17.0 Å². The van der Waals surface area contributed by atoms with Gasteiger partial charge in [0, 0.05) is 5.56 Å². The second-order valence-electron chi connectivity index (χ2n) is 3.32. The second kappa shape index (κ2) is 3.35. The van der Waals surface area contributed by atoms with Crippen LogP contribution in [-0.4, -0.2) is 15.0 Å². The molecule has 16 heavy (non-hydrogen) atoms. The molecule has 0 saturated carbocycles. The molecular weight excluding hydrogens is 206 g/mol. The number of benzene rings is 1. The predicted molar refractivity (Wildman–Crippen MR) is 59.4 cm³/mol. The highest BCUT2D eigenvalue weighted by Crippen LogP contribution is 2.22. The Balaban J connectivity index is 2.10. The van der Waals surface area contributed by atoms with E-state index in [0.717, 1.165) is 22.4 Å². The first-order valence-electron chi connectivity index (χ1n) is 4.72. The van der Waals surface area contributed by atoms with Gasteiger partial charge in [0.05, 0.1) is 11.9 Å². The molecule has 3 rings (SSSR count). The quantitative estimate of drug-likeness (QED) is 0.445. The molecule has 0 radical (unpaired) electrons. The fourth-order valence-electron chi connectivity index (χ4n) is 1.56. The molecule has 0 aliphatic rings. The summed E-state index contributed by atoms with van der Waals surface area (Å²) in [5.74, 6) is 5.76. The van der Waals surface area contributed by atoms with E-state index in [1.165, 1.54) is 6.39 Å². The van der Waals surface area contributed by atoms with Gasteiger partial charge in [-0.15, -0.1) is 0 Å². The number of fused-ring (bicyclic) bond motifs is 1. The summed E-state index contributed by atoms with van der Waals surface area (Å²) < 4.78 is 5.23. The number of aromatic amines is 1. The van der Waals surface area contributed by atoms with Crippen LogP contribution in [0.1, 0.15) is 0 Å². The minimum Gasteiger partial charge on any atom is -0.443 e. The molecule has 0 spiro atoms. The number of nitrogens with zero attached hydrogens (tertiary/aromatic N) is 2. The molecule has 0 aliphatic heterocycles. The molecule has 0 fully saturated rings. The normalized spacial score (nSPS) is 10.8. The second-order valence-corrected chi connectivity index (χ2v) is 3.32. The van der Waals surface area contributed by atoms with Crippen LogP contribution >= 0.6 is 0 Å². The van der Waals surface area contributed by atoms with Gasteiger partial charge in [0.2, 0.25) is 5.95 Å². The van der Waals surface area contributed by atoms with Crippen LogP contribution in [0.4, 0.5) is 5.95 Å². The van der Waals surface area contributed by atoms with Crippen LogP contribution in [0.15, 0.2) is 35.2 Å². The maximum absolute atomic E-state index is 5.24. The summed E-state index contributed by atoms with van der Waals surface area (Å²) in [6, 6.07) is 5.74. The smallest absolute Gasteiger partial charge is 0.215 e. The first-order valence-corrected chi connectivity index (χ1v) is 4.72. The third-order valence-electron chi connectivity index (χ3n) is 2.35. The van der Waals surface area contributed by atoms with Crippen molar-refractivity contribution < 1.29 is 4.42 Å². The summed E-state index contributed by atoms with van der Waals surface area (Å²) in [6.07, 6.45) is 3.13. The van der Waals surface area contributed by atoms with Gasteiger partial charge >= 0.3 is 0 Å². The van der Waals surface area contributed by atoms with Gasteiger partial charge in [0.25, 0.3) is 0 Å². The topological polar surface area (TPSA) is 92.8 Å². The van der Waals surface area contributed by atoms with Gasteiger partial charge in [-0.3, -0.25) is 5.43 Å². The van der Waals surface area contributed by atoms with Crippen molar-refractivity contribution in [3.05, 3.63) is 30.8 Å². The Morgan fingerprint density at radius 3 is 3.06 bits per heavy atom. The molecule has 2 heterocycles. The standard InChI is InChI=1S/C10H9N5O/c11-15-10-12-4-8(14-10)6-1-2-7-9(3-6)16-5-13-7/h1-5H,11H2,(H2,12,14,15). The van der Waals surface area contributed by atoms with E-state index in [1.54, 1.807) is 6.20 Å². The van der Waals surface area contributed by atoms with Gasteiger partial charge in [-0.2, -0.15) is 0 Å². The lowest BCUT2D eigenvalue weighted by atomic mass is 10.1. The first kappa shape index (κ1) is 8.93. The van der Waals surface area contributed by atoms with Gasteiger partial charge in [-0.25, -0.2) is 15.8 Å². The Morgan fingerprint density at radius 1 is 1.31 bits per heavy atom. The Labute approximate surface area is 90.5 Å². The van der Waals surface area contributed by atoms with E-state index in [4.69, 9.17) is 10.3 Å². The average Bonchev–Trinajstić information content (AvgIpc) is 2.96. The maximum Gasteiger partial charge on any atom is 0.215 e. The zero-order valence-electron chi connectivity index (χ0n) is 8.27. The van der Waals surface area contributed by atoms with Gasteiger partial charge < -0.3 is 9.40 Å². The van der Waals surface area contributed by atoms with E-state index < -0.39 is 0 Å². The lowest BCUT2D eigenvalue weighted by Gasteiger charge is -1.96. The van der Waals surface area contributed by atoms with Crippen molar-refractivity contribution in [1.29, 1.82) is 0 Å². The highest BCUT2D eigenvalue weighted by Gasteiger charge is 2.05. The van der Waals surface area contributed by atoms with E-state index in [9.17, 15) is 0 Å². The van der Waals surface area contributed by atoms with Crippen molar-refractivity contribution in [2.24, 2.45) is 5.84 Å². The van der Waals surface area contributed by atoms with E-state index >= 15 is 0 Å². The lowest BCUT2D eigenvalue weighted by Crippen LogP contribution is -2.07. The number of hydrazine groups is 1. The zero-order valence-corrected chi connectivity index (χ0v) is 8.27. The number of anilines is 1. The number of rotatable bonds is 2. The fourth-order valence-corrected chi connectivity index (χ4v) is 1.56. The van der Waals surface area contributed by atoms with Gasteiger partial charge in [-0.05, 0) is 12.1 Å². The molecule has 0 bridgehead atoms. The van der Waals surface area contributed by atoms with Crippen LogP contribution in [-0.2, 0) is 0 Å². The number of nitrogen functional groups attached to an aromatic ring is 1. The van der Waals surface area contributed by atoms with Crippen molar-refractivity contribution in [2.45, 2.75) is 0 Å². The summed E-state index contributed by atoms with van der Waals surface area (Å²) >= 11 is 0. The van der Waals surface area contributed by atoms with Gasteiger partial charge in [0.1, 0.15) is 5.52 Å². The van der Waals surface area contributed by atoms with E-state index in [1.807, 2.05) is 18.2 Å². The Kier molecular flexibility index (Phi) is 1.87. The lowest BCUT2D eigenvalue weighted by molar-refractivity contribution is 0.602. The van der Waals surface area contributed by atoms with Crippen molar-refractivity contribution in [1.82, 2.24) is 15.0 Å². The molecule has 0 amide bonds. The van der Waals surface area contributed by atoms with Gasteiger partial charge in [0.15, 0.2) is 12.0 Å². The molecule has 0 atom stereocenters. The maximum atomic E-state index is 5.24. The van der Waals surface area contributed by atoms with Crippen LogP contribution in [0.2, 0.25) is 0 Å². The summed E-state index contributed by atoms with van der Waals surface area (Å²) in [4.78, 5) is 11.1. The molecule has 6 nitrogen and oxygen atoms in total. The number of hydrogen-bond donors (Lipinski definition) is 3. The predicted octanol–water partition coefficient (Wildman–Crippen LogP) is 1.50. The SMILES string of the molecule is NNc1ncc(-c2ccc3ncoc3c2)[nH]1. The summed E-state index contributed by atoms with van der Waals surface area (Å²) in [6.45, 7) is 0. The third kappa shape index (κ3) is 1.32. The van der Waals surface area contributed by atoms with E-state index in [0.29, 0.717) is 5.95 Å². The van der Waals surface area contributed by atoms with Crippen LogP contribution in [0, 0.1) is 0 Å². The molecule has 0 unspecified atom stereocenters. The van der Waals surface area contributed by atoms with Gasteiger partial charge in [-0.1, -0.05) is 6.07 Å². The number of H-pyrrole nitrogens is 1. The molecule has 3 aromatic rings. The van der Waals surface area contributed by atoms with E-state index in [-0.39, 0.29) is 0 Å². The largest absolute Gasteiger partial charge is 0.443 e. The highest BCUT2D eigenvalue weighted by molar-refractivity contribution is 5.79. The molecular formula is C10H9N5O. The number of hydrogen-bond acceptors (Lipinski definition) is 5. The summed E-state index contributed by atoms with van der Waals surface area (Å²) in [5, 5.41) is 0. The van der Waals surface area contributed by atoms with Crippen molar-refractivity contribution in [2.75, 3.05) is 5.43 Å². The average molecular weight is 215 g/mol. The van der Waals surface area contributed by atoms with Crippen LogP contribution in [0.25, 0.3) is 22.4 Å². The number of oxazole rings is 1. The molecule has 0 saturated heterocycles. The minimum atomic E-state index is 0.521. The van der Waals surface area contributed by atoms with Crippen LogP contribution < -0.4 is 11.3 Å². The monoisotopic (exact) mass is 215 g/mol. The van der Waals surface area contributed by atoms with Crippen molar-refractivity contribution in [3.8, 4) is 11.3 Å². The van der Waals surface area contributed by atoms with E-state index in [2.05, 4.69) is 20.4 Å². The highest BCUT2D eigenvalue weighted by atomic mass is 16.3. The molecule has 6 heteroatoms. The number of nitrogens with one attached hydrogen (secondary N) is 2. The van der Waals surface area contributed by atoms with Crippen LogP contribution in [0.3, 0.4) is 0 Å². The zero-order chi connectivity index (χ0) is 11.0. The van der Waals surface area contributed by atoms with Crippen molar-refractivity contribution in [3.63, 3.8) is 0 Å². The molecule has 80 valence electrons. The first-order chi connectivity index (χ1) is 7.86. The summed E-state index contributed by atoms with van der Waals surface area (Å²) in [5.41, 5.74) is 5.86. The molecule has 0 aliphatic carbocycles. The Morgan fingerprint density at radius 2 is 2.25 bits per heavy atom. The Bertz CT molecular complexity index is 627. The molecule has 2 aromatic heterocycles. The molecule has 4 N–H and O–H groups in total. The number of nitrogens with two attached hydrogens (primary N) is 1. The summed E-state index contributed by atoms with van der Waals surface area (Å²) in [7, 11) is 0. The van der Waals surface area contributed by atoms with Crippen LogP contribution in [0.5, 0.6) is 0 Å².